The number of rotatable bonds is 3. The monoisotopic (exact) mass is 207 g/mol. The molecule has 4 nitrogen and oxygen atoms in total. The predicted octanol–water partition coefficient (Wildman–Crippen LogP) is 0.363. The zero-order valence-corrected chi connectivity index (χ0v) is 8.75. The Labute approximate surface area is 88.4 Å². The number of hydrogen-bond donors (Lipinski definition) is 2. The van der Waals surface area contributed by atoms with E-state index in [1.807, 2.05) is 18.2 Å². The van der Waals surface area contributed by atoms with Crippen LogP contribution < -0.4 is 15.8 Å². The predicted molar refractivity (Wildman–Crippen MR) is 56.7 cm³/mol. The molecule has 0 unspecified atom stereocenters. The number of benzene rings is 1. The van der Waals surface area contributed by atoms with Gasteiger partial charge >= 0.3 is 0 Å². The van der Waals surface area contributed by atoms with E-state index in [0.717, 1.165) is 30.0 Å². The molecule has 4 N–H and O–H groups in total. The molecule has 0 spiro atoms. The second-order valence-corrected chi connectivity index (χ2v) is 3.64. The maximum absolute atomic E-state index is 11.6. The van der Waals surface area contributed by atoms with Crippen LogP contribution in [0.5, 0.6) is 5.75 Å². The van der Waals surface area contributed by atoms with Crippen molar-refractivity contribution in [3.05, 3.63) is 23.8 Å². The van der Waals surface area contributed by atoms with Crippen molar-refractivity contribution in [2.24, 2.45) is 0 Å². The third kappa shape index (κ3) is 1.68. The van der Waals surface area contributed by atoms with Gasteiger partial charge in [0.2, 0.25) is 5.91 Å². The van der Waals surface area contributed by atoms with Crippen LogP contribution >= 0.6 is 0 Å². The Kier molecular flexibility index (Phi) is 2.60. The molecule has 0 aromatic heterocycles. The van der Waals surface area contributed by atoms with Gasteiger partial charge < -0.3 is 15.8 Å². The Balaban J connectivity index is 2.37. The Morgan fingerprint density at radius 1 is 1.53 bits per heavy atom. The average Bonchev–Trinajstić information content (AvgIpc) is 2.55. The van der Waals surface area contributed by atoms with Gasteiger partial charge in [0.1, 0.15) is 5.75 Å². The molecule has 1 amide bonds. The first kappa shape index (κ1) is 9.98. The van der Waals surface area contributed by atoms with Crippen molar-refractivity contribution < 1.29 is 15.3 Å². The number of quaternary nitrogens is 1. The third-order valence-electron chi connectivity index (χ3n) is 2.70. The fourth-order valence-electron chi connectivity index (χ4n) is 1.92. The van der Waals surface area contributed by atoms with Crippen LogP contribution in [0.4, 0.5) is 5.69 Å². The fourth-order valence-corrected chi connectivity index (χ4v) is 1.92. The number of hydrogen-bond acceptors (Lipinski definition) is 2. The lowest BCUT2D eigenvalue weighted by atomic mass is 9.97. The maximum Gasteiger partial charge on any atom is 0.232 e. The first-order chi connectivity index (χ1) is 7.26. The number of methoxy groups -OCH3 is 1. The number of amides is 1. The molecule has 0 bridgehead atoms. The highest BCUT2D eigenvalue weighted by molar-refractivity contribution is 6.03. The standard InChI is InChI=1S/C11H14N2O2/c1-15-7-2-3-10-9(6-7)8(4-5-12)11(14)13-10/h2-3,6,8H,4-5,12H2,1H3,(H,13,14)/p+1/t8-/m1/s1. The lowest BCUT2D eigenvalue weighted by Crippen LogP contribution is -2.50. The fraction of sp³-hybridized carbons (Fsp3) is 0.364. The van der Waals surface area contributed by atoms with E-state index in [1.165, 1.54) is 0 Å². The van der Waals surface area contributed by atoms with Crippen LogP contribution in [0.1, 0.15) is 17.9 Å². The van der Waals surface area contributed by atoms with Gasteiger partial charge in [0.25, 0.3) is 0 Å². The highest BCUT2D eigenvalue weighted by atomic mass is 16.5. The summed E-state index contributed by atoms with van der Waals surface area (Å²) in [6, 6.07) is 5.66. The molecule has 0 radical (unpaired) electrons. The molecule has 1 aromatic carbocycles. The van der Waals surface area contributed by atoms with E-state index in [9.17, 15) is 4.79 Å². The van der Waals surface area contributed by atoms with Crippen molar-refractivity contribution in [2.75, 3.05) is 19.0 Å². The minimum atomic E-state index is -0.0624. The van der Waals surface area contributed by atoms with Crippen LogP contribution in [0, 0.1) is 0 Å². The molecule has 0 aliphatic carbocycles. The Morgan fingerprint density at radius 2 is 2.33 bits per heavy atom. The van der Waals surface area contributed by atoms with E-state index >= 15 is 0 Å². The topological polar surface area (TPSA) is 66.0 Å². The van der Waals surface area contributed by atoms with Gasteiger partial charge in [-0.25, -0.2) is 0 Å². The summed E-state index contributed by atoms with van der Waals surface area (Å²) in [5.41, 5.74) is 5.72. The summed E-state index contributed by atoms with van der Waals surface area (Å²) in [4.78, 5) is 11.6. The molecular weight excluding hydrogens is 192 g/mol. The molecule has 1 aromatic rings. The second kappa shape index (κ2) is 3.90. The lowest BCUT2D eigenvalue weighted by molar-refractivity contribution is -0.368. The normalized spacial score (nSPS) is 18.5. The van der Waals surface area contributed by atoms with Crippen LogP contribution in [0.2, 0.25) is 0 Å². The molecule has 15 heavy (non-hydrogen) atoms. The zero-order valence-electron chi connectivity index (χ0n) is 8.75. The summed E-state index contributed by atoms with van der Waals surface area (Å²) in [7, 11) is 1.63. The van der Waals surface area contributed by atoms with Crippen LogP contribution in [-0.2, 0) is 4.79 Å². The highest BCUT2D eigenvalue weighted by Gasteiger charge is 2.30. The van der Waals surface area contributed by atoms with Crippen molar-refractivity contribution in [3.63, 3.8) is 0 Å². The van der Waals surface area contributed by atoms with E-state index < -0.39 is 0 Å². The quantitative estimate of drug-likeness (QED) is 0.751. The minimum Gasteiger partial charge on any atom is -0.497 e. The first-order valence-corrected chi connectivity index (χ1v) is 5.04. The van der Waals surface area contributed by atoms with Gasteiger partial charge in [-0.1, -0.05) is 0 Å². The molecule has 0 saturated heterocycles. The minimum absolute atomic E-state index is 0.0624. The highest BCUT2D eigenvalue weighted by Crippen LogP contribution is 2.36. The van der Waals surface area contributed by atoms with Gasteiger partial charge in [-0.05, 0) is 23.8 Å². The number of carbonyl (C=O) groups is 1. The summed E-state index contributed by atoms with van der Waals surface area (Å²) < 4.78 is 5.15. The van der Waals surface area contributed by atoms with Gasteiger partial charge in [-0.3, -0.25) is 4.79 Å². The molecule has 0 saturated carbocycles. The Hall–Kier alpha value is -1.55. The molecule has 1 aliphatic rings. The summed E-state index contributed by atoms with van der Waals surface area (Å²) in [5, 5.41) is 2.86. The van der Waals surface area contributed by atoms with Gasteiger partial charge in [0.15, 0.2) is 0 Å². The number of nitrogens with one attached hydrogen (secondary N) is 1. The van der Waals surface area contributed by atoms with Crippen molar-refractivity contribution in [3.8, 4) is 5.75 Å². The van der Waals surface area contributed by atoms with Gasteiger partial charge in [0, 0.05) is 12.1 Å². The molecule has 80 valence electrons. The van der Waals surface area contributed by atoms with Crippen molar-refractivity contribution in [2.45, 2.75) is 12.3 Å². The number of ether oxygens (including phenoxy) is 1. The van der Waals surface area contributed by atoms with Crippen molar-refractivity contribution in [1.82, 2.24) is 0 Å². The molecular formula is C11H15N2O2+. The van der Waals surface area contributed by atoms with Crippen LogP contribution in [0.3, 0.4) is 0 Å². The summed E-state index contributed by atoms with van der Waals surface area (Å²) in [6.45, 7) is 0.759. The third-order valence-corrected chi connectivity index (χ3v) is 2.70. The molecule has 0 fully saturated rings. The van der Waals surface area contributed by atoms with E-state index in [4.69, 9.17) is 4.74 Å². The molecule has 1 aliphatic heterocycles. The van der Waals surface area contributed by atoms with Gasteiger partial charge in [-0.2, -0.15) is 0 Å². The molecule has 4 heteroatoms. The summed E-state index contributed by atoms with van der Waals surface area (Å²) >= 11 is 0. The van der Waals surface area contributed by atoms with Crippen LogP contribution in [-0.4, -0.2) is 19.6 Å². The zero-order chi connectivity index (χ0) is 10.8. The van der Waals surface area contributed by atoms with Crippen molar-refractivity contribution >= 4 is 11.6 Å². The van der Waals surface area contributed by atoms with E-state index in [-0.39, 0.29) is 11.8 Å². The van der Waals surface area contributed by atoms with Crippen LogP contribution in [0.15, 0.2) is 18.2 Å². The van der Waals surface area contributed by atoms with E-state index in [2.05, 4.69) is 11.1 Å². The Bertz CT molecular complexity index is 390. The summed E-state index contributed by atoms with van der Waals surface area (Å²) in [6.07, 6.45) is 0.784. The first-order valence-electron chi connectivity index (χ1n) is 5.04. The van der Waals surface area contributed by atoms with Crippen LogP contribution in [0.25, 0.3) is 0 Å². The lowest BCUT2D eigenvalue weighted by Gasteiger charge is -2.07. The Morgan fingerprint density at radius 3 is 3.00 bits per heavy atom. The van der Waals surface area contributed by atoms with E-state index in [1.54, 1.807) is 7.11 Å². The molecule has 1 atom stereocenters. The van der Waals surface area contributed by atoms with E-state index in [0.29, 0.717) is 0 Å². The summed E-state index contributed by atoms with van der Waals surface area (Å²) in [5.74, 6) is 0.800. The second-order valence-electron chi connectivity index (χ2n) is 3.64. The molecule has 1 heterocycles. The number of anilines is 1. The average molecular weight is 207 g/mol. The smallest absolute Gasteiger partial charge is 0.232 e. The van der Waals surface area contributed by atoms with Crippen molar-refractivity contribution in [1.29, 1.82) is 0 Å². The number of fused-ring (bicyclic) bond motifs is 1. The maximum atomic E-state index is 11.6. The number of carbonyl (C=O) groups excluding carboxylic acids is 1. The van der Waals surface area contributed by atoms with Gasteiger partial charge in [0.05, 0.1) is 19.6 Å². The largest absolute Gasteiger partial charge is 0.497 e. The SMILES string of the molecule is COc1ccc2c(c1)[C@@H](CC[NH3+])C(=O)N2. The molecule has 2 rings (SSSR count). The van der Waals surface area contributed by atoms with Gasteiger partial charge in [-0.15, -0.1) is 0 Å².